The second kappa shape index (κ2) is 5.94. The number of hydrogen-bond acceptors (Lipinski definition) is 5. The third kappa shape index (κ3) is 4.67. The zero-order valence-electron chi connectivity index (χ0n) is 11.1. The van der Waals surface area contributed by atoms with Crippen molar-refractivity contribution in [1.29, 1.82) is 0 Å². The maximum absolute atomic E-state index is 13.0. The molecule has 120 valence electrons. The molecule has 0 amide bonds. The van der Waals surface area contributed by atoms with Crippen molar-refractivity contribution in [2.24, 2.45) is 5.41 Å². The van der Waals surface area contributed by atoms with Crippen LogP contribution in [0.3, 0.4) is 0 Å². The maximum Gasteiger partial charge on any atom is 0.396 e. The molecular weight excluding hydrogens is 308 g/mol. The second-order valence-corrected chi connectivity index (χ2v) is 6.57. The van der Waals surface area contributed by atoms with Crippen molar-refractivity contribution in [3.63, 3.8) is 0 Å². The molecule has 10 heteroatoms. The van der Waals surface area contributed by atoms with Gasteiger partial charge in [-0.2, -0.15) is 17.6 Å². The van der Waals surface area contributed by atoms with Gasteiger partial charge < -0.3 is 9.29 Å². The van der Waals surface area contributed by atoms with Crippen LogP contribution in [0, 0.1) is 5.41 Å². The van der Waals surface area contributed by atoms with Gasteiger partial charge in [0.15, 0.2) is 15.9 Å². The summed E-state index contributed by atoms with van der Waals surface area (Å²) in [6.07, 6.45) is -1.70. The Morgan fingerprint density at radius 1 is 1.15 bits per heavy atom. The van der Waals surface area contributed by atoms with Crippen molar-refractivity contribution >= 4 is 15.9 Å². The van der Waals surface area contributed by atoms with Crippen LogP contribution in [-0.2, 0) is 19.6 Å². The summed E-state index contributed by atoms with van der Waals surface area (Å²) in [4.78, 5) is 11.3. The molecule has 0 aromatic carbocycles. The molecule has 0 spiro atoms. The lowest BCUT2D eigenvalue weighted by Crippen LogP contribution is -2.47. The van der Waals surface area contributed by atoms with Crippen LogP contribution in [0.1, 0.15) is 27.2 Å². The van der Waals surface area contributed by atoms with Crippen molar-refractivity contribution in [3.8, 4) is 0 Å². The van der Waals surface area contributed by atoms with Crippen molar-refractivity contribution in [1.82, 2.24) is 0 Å². The minimum atomic E-state index is -6.49. The Labute approximate surface area is 114 Å². The Hall–Kier alpha value is -0.740. The molecule has 0 unspecified atom stereocenters. The van der Waals surface area contributed by atoms with E-state index in [0.29, 0.717) is 0 Å². The molecule has 0 radical (unpaired) electrons. The fourth-order valence-electron chi connectivity index (χ4n) is 0.910. The van der Waals surface area contributed by atoms with Crippen LogP contribution < -0.4 is 0 Å². The Balaban J connectivity index is 4.50. The van der Waals surface area contributed by atoms with Crippen LogP contribution in [0.4, 0.5) is 17.6 Å². The van der Waals surface area contributed by atoms with Gasteiger partial charge in [-0.25, -0.2) is 8.42 Å². The largest absolute Gasteiger partial charge is 0.743 e. The van der Waals surface area contributed by atoms with Crippen LogP contribution in [0.25, 0.3) is 0 Å². The maximum atomic E-state index is 13.0. The molecule has 0 aliphatic heterocycles. The highest BCUT2D eigenvalue weighted by Gasteiger charge is 2.61. The summed E-state index contributed by atoms with van der Waals surface area (Å²) >= 11 is 0. The molecule has 0 atom stereocenters. The summed E-state index contributed by atoms with van der Waals surface area (Å²) in [6, 6.07) is 0. The number of ketones is 1. The van der Waals surface area contributed by atoms with Crippen molar-refractivity contribution in [2.45, 2.75) is 38.4 Å². The van der Waals surface area contributed by atoms with Gasteiger partial charge in [0.2, 0.25) is 0 Å². The first kappa shape index (κ1) is 19.3. The summed E-state index contributed by atoms with van der Waals surface area (Å²) in [5, 5.41) is -5.72. The summed E-state index contributed by atoms with van der Waals surface area (Å²) in [5.74, 6) is -5.51. The molecule has 0 saturated heterocycles. The number of carbonyl (C=O) groups is 1. The van der Waals surface area contributed by atoms with E-state index in [0.717, 1.165) is 0 Å². The zero-order valence-corrected chi connectivity index (χ0v) is 11.9. The predicted molar refractivity (Wildman–Crippen MR) is 59.5 cm³/mol. The lowest BCUT2D eigenvalue weighted by atomic mass is 9.91. The predicted octanol–water partition coefficient (Wildman–Crippen LogP) is 1.78. The van der Waals surface area contributed by atoms with Crippen LogP contribution in [0.5, 0.6) is 0 Å². The first-order valence-corrected chi connectivity index (χ1v) is 6.86. The van der Waals surface area contributed by atoms with E-state index in [4.69, 9.17) is 0 Å². The Bertz CT molecular complexity index is 453. The fraction of sp³-hybridized carbons (Fsp3) is 0.900. The van der Waals surface area contributed by atoms with E-state index in [-0.39, 0.29) is 0 Å². The summed E-state index contributed by atoms with van der Waals surface area (Å²) in [7, 11) is -6.49. The number of alkyl halides is 4. The fourth-order valence-corrected chi connectivity index (χ4v) is 1.38. The van der Waals surface area contributed by atoms with Crippen LogP contribution in [0.2, 0.25) is 0 Å². The van der Waals surface area contributed by atoms with Crippen LogP contribution >= 0.6 is 0 Å². The molecule has 5 nitrogen and oxygen atoms in total. The van der Waals surface area contributed by atoms with E-state index in [2.05, 4.69) is 4.74 Å². The van der Waals surface area contributed by atoms with E-state index >= 15 is 0 Å². The molecule has 20 heavy (non-hydrogen) atoms. The number of Topliss-reactive ketones (excluding diaryl/α,β-unsaturated/α-hetero) is 1. The normalized spacial score (nSPS) is 14.4. The average Bonchev–Trinajstić information content (AvgIpc) is 2.20. The highest BCUT2D eigenvalue weighted by atomic mass is 32.2. The number of halogens is 4. The quantitative estimate of drug-likeness (QED) is 0.405. The number of carbonyl (C=O) groups excluding carboxylic acids is 1. The van der Waals surface area contributed by atoms with Gasteiger partial charge in [0.05, 0.1) is 6.61 Å². The topological polar surface area (TPSA) is 83.5 Å². The molecule has 0 rings (SSSR count). The average molecular weight is 323 g/mol. The van der Waals surface area contributed by atoms with E-state index in [1.807, 2.05) is 0 Å². The van der Waals surface area contributed by atoms with Gasteiger partial charge in [0.25, 0.3) is 0 Å². The van der Waals surface area contributed by atoms with Crippen molar-refractivity contribution in [2.75, 3.05) is 13.2 Å². The second-order valence-electron chi connectivity index (χ2n) is 5.15. The molecule has 0 aromatic rings. The smallest absolute Gasteiger partial charge is 0.396 e. The van der Waals surface area contributed by atoms with Gasteiger partial charge in [0.1, 0.15) is 6.61 Å². The highest BCUT2D eigenvalue weighted by Crippen LogP contribution is 2.40. The molecule has 0 N–H and O–H groups in total. The monoisotopic (exact) mass is 323 g/mol. The van der Waals surface area contributed by atoms with Crippen LogP contribution in [0.15, 0.2) is 0 Å². The zero-order chi connectivity index (χ0) is 16.4. The molecule has 0 fully saturated rings. The van der Waals surface area contributed by atoms with Crippen molar-refractivity contribution in [3.05, 3.63) is 0 Å². The van der Waals surface area contributed by atoms with Gasteiger partial charge in [-0.1, -0.05) is 20.8 Å². The van der Waals surface area contributed by atoms with Gasteiger partial charge in [-0.15, -0.1) is 0 Å². The molecule has 0 aliphatic rings. The highest BCUT2D eigenvalue weighted by molar-refractivity contribution is 7.86. The third-order valence-corrected chi connectivity index (χ3v) is 3.30. The van der Waals surface area contributed by atoms with Gasteiger partial charge in [-0.3, -0.25) is 4.79 Å². The standard InChI is InChI=1S/C10H16F4O5S/c1-8(2,3)7(15)6-19-5-4-9(11,12)10(13,14)20(16,17)18/h4-6H2,1-3H3,(H,16,17,18)/p-1. The molecule has 0 aliphatic carbocycles. The molecule has 0 bridgehead atoms. The number of hydrogen-bond donors (Lipinski definition) is 0. The Kier molecular flexibility index (Phi) is 5.72. The minimum absolute atomic E-state index is 0.441. The first-order valence-electron chi connectivity index (χ1n) is 5.45. The number of rotatable bonds is 7. The Morgan fingerprint density at radius 3 is 1.95 bits per heavy atom. The molecule has 0 aromatic heterocycles. The summed E-state index contributed by atoms with van der Waals surface area (Å²) in [5.41, 5.74) is -0.787. The van der Waals surface area contributed by atoms with Gasteiger partial charge in [-0.05, 0) is 0 Å². The van der Waals surface area contributed by atoms with Crippen molar-refractivity contribution < 1.29 is 40.1 Å². The van der Waals surface area contributed by atoms with Gasteiger partial charge >= 0.3 is 11.2 Å². The van der Waals surface area contributed by atoms with Gasteiger partial charge in [0, 0.05) is 11.8 Å². The minimum Gasteiger partial charge on any atom is -0.743 e. The van der Waals surface area contributed by atoms with E-state index < -0.39 is 52.1 Å². The summed E-state index contributed by atoms with van der Waals surface area (Å²) < 4.78 is 86.1. The SMILES string of the molecule is CC(C)(C)C(=O)COCCC(F)(F)C(F)(F)S(=O)(=O)[O-]. The van der Waals surface area contributed by atoms with Crippen LogP contribution in [-0.4, -0.2) is 43.1 Å². The first-order chi connectivity index (χ1) is 8.63. The molecule has 0 saturated carbocycles. The number of ether oxygens (including phenoxy) is 1. The lowest BCUT2D eigenvalue weighted by Gasteiger charge is -2.28. The summed E-state index contributed by atoms with van der Waals surface area (Å²) in [6.45, 7) is 3.08. The molecule has 0 heterocycles. The van der Waals surface area contributed by atoms with E-state index in [9.17, 15) is 35.3 Å². The van der Waals surface area contributed by atoms with E-state index in [1.165, 1.54) is 0 Å². The molecular formula is C10H15F4O5S-. The Morgan fingerprint density at radius 2 is 1.60 bits per heavy atom. The lowest BCUT2D eigenvalue weighted by molar-refractivity contribution is -0.172. The third-order valence-electron chi connectivity index (χ3n) is 2.37. The van der Waals surface area contributed by atoms with E-state index in [1.54, 1.807) is 20.8 Å².